The number of carbonyl (C=O) groups is 4. The lowest BCUT2D eigenvalue weighted by Gasteiger charge is -2.35. The molecule has 8 rings (SSSR count). The number of rotatable bonds is 16. The third kappa shape index (κ3) is 11.3. The predicted octanol–water partition coefficient (Wildman–Crippen LogP) is 6.75. The minimum absolute atomic E-state index is 0.0264. The Labute approximate surface area is 409 Å². The molecule has 4 aliphatic rings. The number of hydrogen-bond donors (Lipinski definition) is 0. The zero-order chi connectivity index (χ0) is 49.3. The molecule has 0 N–H and O–H groups in total. The van der Waals surface area contributed by atoms with Crippen molar-refractivity contribution in [3.8, 4) is 34.5 Å². The quantitative estimate of drug-likeness (QED) is 0.0859. The van der Waals surface area contributed by atoms with Crippen LogP contribution in [0.25, 0.3) is 0 Å². The Balaban J connectivity index is 0.800. The molecule has 2 aliphatic carbocycles. The summed E-state index contributed by atoms with van der Waals surface area (Å²) >= 11 is 0. The summed E-state index contributed by atoms with van der Waals surface area (Å²) in [5, 5.41) is 0. The van der Waals surface area contributed by atoms with Gasteiger partial charge in [0.05, 0.1) is 42.7 Å². The summed E-state index contributed by atoms with van der Waals surface area (Å²) in [5.74, 6) is 2.19. The second-order valence-electron chi connectivity index (χ2n) is 18.0. The van der Waals surface area contributed by atoms with E-state index in [-0.39, 0.29) is 11.8 Å². The van der Waals surface area contributed by atoms with Gasteiger partial charge in [0.25, 0.3) is 11.8 Å². The van der Waals surface area contributed by atoms with E-state index in [1.807, 2.05) is 70.5 Å². The first-order valence-electron chi connectivity index (χ1n) is 24.0. The van der Waals surface area contributed by atoms with Gasteiger partial charge in [-0.05, 0) is 120 Å². The second kappa shape index (κ2) is 22.8. The van der Waals surface area contributed by atoms with E-state index in [1.165, 1.54) is 0 Å². The van der Waals surface area contributed by atoms with Gasteiger partial charge in [-0.2, -0.15) is 0 Å². The van der Waals surface area contributed by atoms with Gasteiger partial charge in [0, 0.05) is 88.7 Å². The van der Waals surface area contributed by atoms with Crippen molar-refractivity contribution < 1.29 is 57.1 Å². The SMILES string of the molecule is COc1cc(CN2CCN(C(=O)c3ccc4c(c3)CCCC4OC(=O)/C=C/C(=O)OC3CCCc4cc(C(=O)N5CCN(Cc6cc(OC)c(OC)c(OC)c6)CC5)ccc43)CC2)cc(OC)c1OC. The monoisotopic (exact) mass is 960 g/mol. The lowest BCUT2D eigenvalue weighted by Crippen LogP contribution is -2.48. The number of fused-ring (bicyclic) bond motifs is 2. The van der Waals surface area contributed by atoms with Crippen LogP contribution in [-0.2, 0) is 45.0 Å². The van der Waals surface area contributed by atoms with Crippen LogP contribution in [0.2, 0.25) is 0 Å². The number of hydrogen-bond acceptors (Lipinski definition) is 14. The molecule has 2 unspecified atom stereocenters. The number of piperazine rings is 2. The Kier molecular flexibility index (Phi) is 16.1. The highest BCUT2D eigenvalue weighted by Gasteiger charge is 2.30. The molecule has 2 heterocycles. The molecular formula is C54H64N4O12. The summed E-state index contributed by atoms with van der Waals surface area (Å²) in [6, 6.07) is 19.1. The number of esters is 2. The largest absolute Gasteiger partial charge is 0.493 e. The molecule has 0 radical (unpaired) electrons. The van der Waals surface area contributed by atoms with E-state index in [4.69, 9.17) is 37.9 Å². The molecular weight excluding hydrogens is 897 g/mol. The zero-order valence-corrected chi connectivity index (χ0v) is 41.1. The smallest absolute Gasteiger partial charge is 0.331 e. The third-order valence-corrected chi connectivity index (χ3v) is 13.8. The van der Waals surface area contributed by atoms with Crippen LogP contribution in [0, 0.1) is 0 Å². The number of carbonyl (C=O) groups excluding carboxylic acids is 4. The van der Waals surface area contributed by atoms with Crippen LogP contribution in [0.4, 0.5) is 0 Å². The van der Waals surface area contributed by atoms with Gasteiger partial charge in [0.1, 0.15) is 12.2 Å². The molecule has 16 heteroatoms. The molecule has 4 aromatic carbocycles. The van der Waals surface area contributed by atoms with Gasteiger partial charge in [-0.15, -0.1) is 0 Å². The van der Waals surface area contributed by atoms with E-state index in [1.54, 1.807) is 42.7 Å². The molecule has 16 nitrogen and oxygen atoms in total. The highest BCUT2D eigenvalue weighted by molar-refractivity contribution is 5.95. The van der Waals surface area contributed by atoms with E-state index in [0.29, 0.717) is 124 Å². The van der Waals surface area contributed by atoms with Crippen LogP contribution in [0.3, 0.4) is 0 Å². The summed E-state index contributed by atoms with van der Waals surface area (Å²) in [6.07, 6.45) is 5.61. The number of ether oxygens (including phenoxy) is 8. The van der Waals surface area contributed by atoms with Crippen molar-refractivity contribution in [3.05, 3.63) is 117 Å². The predicted molar refractivity (Wildman–Crippen MR) is 260 cm³/mol. The molecule has 372 valence electrons. The van der Waals surface area contributed by atoms with Gasteiger partial charge in [0.15, 0.2) is 23.0 Å². The van der Waals surface area contributed by atoms with Gasteiger partial charge in [-0.3, -0.25) is 19.4 Å². The van der Waals surface area contributed by atoms with Crippen LogP contribution in [0.1, 0.15) is 92.0 Å². The lowest BCUT2D eigenvalue weighted by molar-refractivity contribution is -0.146. The van der Waals surface area contributed by atoms with Gasteiger partial charge in [-0.1, -0.05) is 12.1 Å². The highest BCUT2D eigenvalue weighted by atomic mass is 16.6. The Morgan fingerprint density at radius 2 is 0.843 bits per heavy atom. The maximum absolute atomic E-state index is 13.7. The molecule has 2 aliphatic heterocycles. The number of nitrogens with zero attached hydrogens (tertiary/aromatic N) is 4. The first-order valence-corrected chi connectivity index (χ1v) is 24.0. The lowest BCUT2D eigenvalue weighted by atomic mass is 9.88. The van der Waals surface area contributed by atoms with Crippen molar-refractivity contribution in [2.24, 2.45) is 0 Å². The molecule has 70 heavy (non-hydrogen) atoms. The van der Waals surface area contributed by atoms with Crippen molar-refractivity contribution in [2.75, 3.05) is 95.0 Å². The molecule has 0 bridgehead atoms. The Bertz CT molecular complexity index is 2360. The molecule has 0 saturated carbocycles. The van der Waals surface area contributed by atoms with Crippen molar-refractivity contribution in [3.63, 3.8) is 0 Å². The summed E-state index contributed by atoms with van der Waals surface area (Å²) in [5.41, 5.74) is 6.97. The maximum Gasteiger partial charge on any atom is 0.331 e. The van der Waals surface area contributed by atoms with Crippen LogP contribution in [-0.4, -0.2) is 138 Å². The average molecular weight is 961 g/mol. The van der Waals surface area contributed by atoms with Crippen molar-refractivity contribution in [2.45, 2.75) is 63.8 Å². The first-order chi connectivity index (χ1) is 34.0. The molecule has 2 atom stereocenters. The minimum atomic E-state index is -0.645. The molecule has 4 aromatic rings. The van der Waals surface area contributed by atoms with Crippen molar-refractivity contribution in [1.29, 1.82) is 0 Å². The van der Waals surface area contributed by atoms with Crippen LogP contribution in [0.5, 0.6) is 34.5 Å². The summed E-state index contributed by atoms with van der Waals surface area (Å²) in [7, 11) is 9.57. The van der Waals surface area contributed by atoms with E-state index < -0.39 is 24.1 Å². The number of benzene rings is 4. The Morgan fingerprint density at radius 3 is 1.17 bits per heavy atom. The maximum atomic E-state index is 13.7. The fraction of sp³-hybridized carbons (Fsp3) is 0.444. The van der Waals surface area contributed by atoms with Crippen molar-refractivity contribution >= 4 is 23.8 Å². The van der Waals surface area contributed by atoms with Crippen LogP contribution >= 0.6 is 0 Å². The van der Waals surface area contributed by atoms with E-state index >= 15 is 0 Å². The van der Waals surface area contributed by atoms with Crippen LogP contribution in [0.15, 0.2) is 72.8 Å². The number of aryl methyl sites for hydroxylation is 2. The van der Waals surface area contributed by atoms with Crippen LogP contribution < -0.4 is 28.4 Å². The molecule has 2 saturated heterocycles. The minimum Gasteiger partial charge on any atom is -0.493 e. The van der Waals surface area contributed by atoms with E-state index in [9.17, 15) is 19.2 Å². The van der Waals surface area contributed by atoms with Gasteiger partial charge >= 0.3 is 11.9 Å². The number of amides is 2. The fourth-order valence-corrected chi connectivity index (χ4v) is 10.1. The van der Waals surface area contributed by atoms with E-state index in [0.717, 1.165) is 71.2 Å². The second-order valence-corrected chi connectivity index (χ2v) is 18.0. The first kappa shape index (κ1) is 49.6. The average Bonchev–Trinajstić information content (AvgIpc) is 3.39. The fourth-order valence-electron chi connectivity index (χ4n) is 10.1. The summed E-state index contributed by atoms with van der Waals surface area (Å²) < 4.78 is 44.8. The van der Waals surface area contributed by atoms with Gasteiger partial charge in [-0.25, -0.2) is 9.59 Å². The van der Waals surface area contributed by atoms with Gasteiger partial charge in [0.2, 0.25) is 11.5 Å². The van der Waals surface area contributed by atoms with E-state index in [2.05, 4.69) is 9.80 Å². The third-order valence-electron chi connectivity index (χ3n) is 13.8. The highest BCUT2D eigenvalue weighted by Crippen LogP contribution is 2.40. The summed E-state index contributed by atoms with van der Waals surface area (Å²) in [6.45, 7) is 6.57. The molecule has 0 aromatic heterocycles. The van der Waals surface area contributed by atoms with Gasteiger partial charge < -0.3 is 47.7 Å². The Hall–Kier alpha value is -6.78. The van der Waals surface area contributed by atoms with Crippen molar-refractivity contribution in [1.82, 2.24) is 19.6 Å². The molecule has 2 fully saturated rings. The summed E-state index contributed by atoms with van der Waals surface area (Å²) in [4.78, 5) is 61.9. The molecule has 0 spiro atoms. The standard InChI is InChI=1S/C54H64N4O12/c1-63-45-27-35(28-46(64-2)51(45)67-5)33-55-19-23-57(24-20-55)53(61)39-13-15-41-37(31-39)9-7-11-43(41)69-49(59)17-18-50(60)70-44-12-8-10-38-32-40(14-16-42(38)44)54(62)58-25-21-56(22-26-58)34-36-29-47(65-3)52(68-6)48(30-36)66-4/h13-18,27-32,43-44H,7-12,19-26,33-34H2,1-6H3/b18-17+. The topological polar surface area (TPSA) is 155 Å². The molecule has 2 amide bonds. The zero-order valence-electron chi connectivity index (χ0n) is 41.1. The number of methoxy groups -OCH3 is 6. The Morgan fingerprint density at radius 1 is 0.486 bits per heavy atom. The normalized spacial score (nSPS) is 18.3.